The summed E-state index contributed by atoms with van der Waals surface area (Å²) in [5, 5.41) is 14.4. The maximum absolute atomic E-state index is 13.8. The molecule has 3 aliphatic heterocycles. The van der Waals surface area contributed by atoms with Gasteiger partial charge < -0.3 is 14.7 Å². The minimum absolute atomic E-state index is 0.00407. The van der Waals surface area contributed by atoms with Gasteiger partial charge in [-0.25, -0.2) is 29.9 Å². The van der Waals surface area contributed by atoms with Crippen molar-refractivity contribution in [3.8, 4) is 0 Å². The number of aromatic nitrogens is 6. The molecule has 9 rings (SSSR count). The quantitative estimate of drug-likeness (QED) is 0.0340. The van der Waals surface area contributed by atoms with E-state index in [9.17, 15) is 14.4 Å². The van der Waals surface area contributed by atoms with Crippen LogP contribution in [-0.4, -0.2) is 103 Å². The third-order valence-corrected chi connectivity index (χ3v) is 20.7. The van der Waals surface area contributed by atoms with E-state index in [1.165, 1.54) is 26.4 Å². The molecule has 0 fully saturated rings. The van der Waals surface area contributed by atoms with Gasteiger partial charge in [0.25, 0.3) is 16.7 Å². The molecule has 0 bridgehead atoms. The second kappa shape index (κ2) is 42.5. The minimum atomic E-state index is -0.276. The van der Waals surface area contributed by atoms with Crippen LogP contribution in [0.15, 0.2) is 99.3 Å². The van der Waals surface area contributed by atoms with Crippen molar-refractivity contribution in [3.63, 3.8) is 0 Å². The summed E-state index contributed by atoms with van der Waals surface area (Å²) in [6.45, 7) is 48.9. The van der Waals surface area contributed by atoms with E-state index in [1.54, 1.807) is 4.68 Å². The van der Waals surface area contributed by atoms with Crippen molar-refractivity contribution in [2.24, 2.45) is 35.7 Å². The Morgan fingerprint density at radius 2 is 0.626 bits per heavy atom. The fraction of sp³-hybridized carbons (Fsp3) is 0.596. The zero-order valence-corrected chi connectivity index (χ0v) is 69.8. The summed E-state index contributed by atoms with van der Waals surface area (Å²) in [6, 6.07) is 19.2. The van der Waals surface area contributed by atoms with Crippen LogP contribution in [-0.2, 0) is 38.5 Å². The Hall–Kier alpha value is -8.28. The third-order valence-electron chi connectivity index (χ3n) is 20.7. The van der Waals surface area contributed by atoms with Gasteiger partial charge in [-0.1, -0.05) is 160 Å². The SMILES string of the molecule is CCCCCC1=Nn2c(nc(CCCCC)c(CCCCC)c2=O)C1=Nc1ccc(N(CC)CC)cc1C.CCCCCc1c(CCC)nc2n(c1=O)N=C(C(C)(C)C)C2=Nc1ccc(N(CC)CC)cc1C.CCCCCc1c(CCC)nc2n(c1=O)N=C(CCC)C2=Nc1ccc(N(CC)CC)cc1C. The van der Waals surface area contributed by atoms with Crippen LogP contribution in [0.3, 0.4) is 0 Å². The molecule has 0 atom stereocenters. The molecule has 6 aromatic rings. The summed E-state index contributed by atoms with van der Waals surface area (Å²) in [4.78, 5) is 78.4. The third kappa shape index (κ3) is 21.8. The molecule has 18 heteroatoms. The second-order valence-corrected chi connectivity index (χ2v) is 30.1. The summed E-state index contributed by atoms with van der Waals surface area (Å²) in [6.07, 6.45) is 25.6. The number of unbranched alkanes of at least 4 members (excludes halogenated alkanes) is 10. The van der Waals surface area contributed by atoms with E-state index in [0.29, 0.717) is 23.2 Å². The highest BCUT2D eigenvalue weighted by Crippen LogP contribution is 2.33. The highest BCUT2D eigenvalue weighted by Gasteiger charge is 2.36. The molecule has 107 heavy (non-hydrogen) atoms. The maximum atomic E-state index is 13.8. The van der Waals surface area contributed by atoms with Crippen LogP contribution in [0.1, 0.15) is 314 Å². The van der Waals surface area contributed by atoms with Gasteiger partial charge in [0.05, 0.1) is 51.3 Å². The van der Waals surface area contributed by atoms with Crippen molar-refractivity contribution in [3.05, 3.63) is 154 Å². The Balaban J connectivity index is 0.000000224. The average Bonchev–Trinajstić information content (AvgIpc) is 1.66. The molecule has 0 aliphatic carbocycles. The Kier molecular flexibility index (Phi) is 34.1. The number of benzene rings is 3. The van der Waals surface area contributed by atoms with E-state index in [4.69, 9.17) is 45.2 Å². The first-order valence-electron chi connectivity index (χ1n) is 41.7. The number of nitrogens with zero attached hydrogens (tertiary/aromatic N) is 15. The molecule has 0 saturated carbocycles. The summed E-state index contributed by atoms with van der Waals surface area (Å²) < 4.78 is 4.59. The van der Waals surface area contributed by atoms with Crippen LogP contribution < -0.4 is 31.4 Å². The Bertz CT molecular complexity index is 4310. The maximum Gasteiger partial charge on any atom is 0.277 e. The van der Waals surface area contributed by atoms with Gasteiger partial charge in [-0.05, 0) is 217 Å². The lowest BCUT2D eigenvalue weighted by molar-refractivity contribution is 0.592. The fourth-order valence-corrected chi connectivity index (χ4v) is 14.4. The van der Waals surface area contributed by atoms with Gasteiger partial charge in [0.1, 0.15) is 17.1 Å². The van der Waals surface area contributed by atoms with Crippen LogP contribution in [0.5, 0.6) is 0 Å². The number of fused-ring (bicyclic) bond motifs is 3. The van der Waals surface area contributed by atoms with Crippen LogP contribution >= 0.6 is 0 Å². The molecule has 3 aliphatic rings. The fourth-order valence-electron chi connectivity index (χ4n) is 14.4. The topological polar surface area (TPSA) is 189 Å². The van der Waals surface area contributed by atoms with Gasteiger partial charge >= 0.3 is 0 Å². The van der Waals surface area contributed by atoms with Crippen LogP contribution in [0.2, 0.25) is 0 Å². The smallest absolute Gasteiger partial charge is 0.277 e. The monoisotopic (exact) mass is 1460 g/mol. The molecule has 0 saturated heterocycles. The molecule has 582 valence electrons. The lowest BCUT2D eigenvalue weighted by atomic mass is 9.87. The van der Waals surface area contributed by atoms with Crippen molar-refractivity contribution >= 4 is 68.4 Å². The first kappa shape index (κ1) is 86.0. The number of hydrogen-bond acceptors (Lipinski definition) is 15. The zero-order valence-electron chi connectivity index (χ0n) is 69.8. The number of rotatable bonds is 38. The van der Waals surface area contributed by atoms with Crippen LogP contribution in [0.25, 0.3) is 0 Å². The number of hydrogen-bond donors (Lipinski definition) is 0. The van der Waals surface area contributed by atoms with Gasteiger partial charge in [-0.3, -0.25) is 14.4 Å². The summed E-state index contributed by atoms with van der Waals surface area (Å²) >= 11 is 0. The van der Waals surface area contributed by atoms with E-state index in [0.717, 1.165) is 302 Å². The van der Waals surface area contributed by atoms with E-state index < -0.39 is 0 Å². The van der Waals surface area contributed by atoms with Gasteiger partial charge in [0.15, 0.2) is 17.5 Å². The van der Waals surface area contributed by atoms with Crippen molar-refractivity contribution < 1.29 is 0 Å². The second-order valence-electron chi connectivity index (χ2n) is 30.1. The number of aliphatic imine (C=N–C) groups is 3. The Labute approximate surface area is 642 Å². The molecule has 0 unspecified atom stereocenters. The normalized spacial score (nSPS) is 14.0. The molecule has 0 spiro atoms. The van der Waals surface area contributed by atoms with Crippen molar-refractivity contribution in [2.75, 3.05) is 54.0 Å². The van der Waals surface area contributed by atoms with Gasteiger partial charge in [-0.2, -0.15) is 29.3 Å². The predicted molar refractivity (Wildman–Crippen MR) is 456 cm³/mol. The Morgan fingerprint density at radius 1 is 0.336 bits per heavy atom. The Morgan fingerprint density at radius 3 is 0.935 bits per heavy atom. The summed E-state index contributed by atoms with van der Waals surface area (Å²) in [5.74, 6) is 1.80. The molecule has 0 N–H and O–H groups in total. The lowest BCUT2D eigenvalue weighted by Crippen LogP contribution is -2.29. The van der Waals surface area contributed by atoms with Gasteiger partial charge in [-0.15, -0.1) is 0 Å². The van der Waals surface area contributed by atoms with Crippen LogP contribution in [0.4, 0.5) is 34.1 Å². The molecule has 0 amide bonds. The molecular weight excluding hydrogens is 1330 g/mol. The lowest BCUT2D eigenvalue weighted by Gasteiger charge is -2.22. The van der Waals surface area contributed by atoms with Crippen LogP contribution in [0, 0.1) is 26.2 Å². The molecular formula is C89H133N15O3. The highest BCUT2D eigenvalue weighted by atomic mass is 16.1. The number of anilines is 3. The van der Waals surface area contributed by atoms with Crippen molar-refractivity contribution in [1.29, 1.82) is 0 Å². The largest absolute Gasteiger partial charge is 0.372 e. The van der Waals surface area contributed by atoms with E-state index in [2.05, 4.69) is 208 Å². The molecule has 3 aromatic heterocycles. The van der Waals surface area contributed by atoms with Gasteiger partial charge in [0.2, 0.25) is 0 Å². The summed E-state index contributed by atoms with van der Waals surface area (Å²) in [5.41, 5.74) is 19.4. The molecule has 0 radical (unpaired) electrons. The molecule has 6 heterocycles. The predicted octanol–water partition coefficient (Wildman–Crippen LogP) is 20.5. The standard InChI is InChI=1S/C32H49N5O.C29H43N5O.C28H41N5O/c1-7-12-15-18-26-28(19-16-13-8-2)34-31-30(29(20-17-14-9-3)35-37(31)32(26)38)33-27-22-21-25(23-24(27)6)36(10-4)11-5;1-9-13-14-16-22-24(15-10-2)31-27-25(26(29(6,7)8)32-34(27)28(22)35)30-23-18-17-21(19-20(23)5)33(11-3)12-4;1-7-12-13-16-22-24(14-8-2)30-27-26(25(15-9-3)31-33(27)28(22)34)29-23-18-17-21(19-20(23)6)32(10-4)11-5/h21-23H,7-20H2,1-6H3;17-19H,9-16H2,1-8H3;17-19H,7-16H2,1-6H3. The molecule has 3 aromatic carbocycles. The van der Waals surface area contributed by atoms with E-state index in [1.807, 2.05) is 0 Å². The highest BCUT2D eigenvalue weighted by molar-refractivity contribution is 6.51. The van der Waals surface area contributed by atoms with E-state index >= 15 is 0 Å². The first-order valence-corrected chi connectivity index (χ1v) is 41.7. The first-order chi connectivity index (χ1) is 51.6. The average molecular weight is 1460 g/mol. The van der Waals surface area contributed by atoms with Crippen molar-refractivity contribution in [2.45, 2.75) is 305 Å². The van der Waals surface area contributed by atoms with Crippen molar-refractivity contribution in [1.82, 2.24) is 29.0 Å². The van der Waals surface area contributed by atoms with E-state index in [-0.39, 0.29) is 22.1 Å². The number of aryl methyl sites for hydroxylation is 6. The zero-order chi connectivity index (χ0) is 77.9. The molecule has 18 nitrogen and oxygen atoms in total. The van der Waals surface area contributed by atoms with Gasteiger partial charge in [0, 0.05) is 78.4 Å². The minimum Gasteiger partial charge on any atom is -0.372 e. The summed E-state index contributed by atoms with van der Waals surface area (Å²) in [7, 11) is 0.